The lowest BCUT2D eigenvalue weighted by Gasteiger charge is -2.14. The molecule has 2 N–H and O–H groups in total. The van der Waals surface area contributed by atoms with Gasteiger partial charge in [0.1, 0.15) is 0 Å². The van der Waals surface area contributed by atoms with Gasteiger partial charge in [0, 0.05) is 43.6 Å². The highest BCUT2D eigenvalue weighted by Crippen LogP contribution is 2.25. The van der Waals surface area contributed by atoms with Gasteiger partial charge in [0.25, 0.3) is 5.91 Å². The standard InChI is InChI=1S/C19H22BrN3O4S/c1-23(2)28(26,27)17-12-15(8-9-16(17)20)19(25)21-11-10-18(24)22-13-14-6-4-3-5-7-14/h3-9,12H,10-11,13H2,1-2H3,(H,21,25)(H,22,24). The molecule has 0 fully saturated rings. The van der Waals surface area contributed by atoms with E-state index in [0.29, 0.717) is 11.0 Å². The van der Waals surface area contributed by atoms with E-state index < -0.39 is 15.9 Å². The van der Waals surface area contributed by atoms with Gasteiger partial charge in [-0.15, -0.1) is 0 Å². The average molecular weight is 468 g/mol. The summed E-state index contributed by atoms with van der Waals surface area (Å²) in [5, 5.41) is 5.41. The van der Waals surface area contributed by atoms with Crippen LogP contribution >= 0.6 is 15.9 Å². The van der Waals surface area contributed by atoms with E-state index in [2.05, 4.69) is 26.6 Å². The van der Waals surface area contributed by atoms with Crippen molar-refractivity contribution in [2.24, 2.45) is 0 Å². The van der Waals surface area contributed by atoms with Crippen LogP contribution in [-0.4, -0.2) is 45.2 Å². The van der Waals surface area contributed by atoms with Gasteiger partial charge < -0.3 is 10.6 Å². The van der Waals surface area contributed by atoms with Crippen LogP contribution in [0.5, 0.6) is 0 Å². The van der Waals surface area contributed by atoms with Crippen molar-refractivity contribution < 1.29 is 18.0 Å². The molecule has 0 atom stereocenters. The van der Waals surface area contributed by atoms with Crippen LogP contribution in [0, 0.1) is 0 Å². The summed E-state index contributed by atoms with van der Waals surface area (Å²) in [6, 6.07) is 13.9. The van der Waals surface area contributed by atoms with Gasteiger partial charge in [-0.1, -0.05) is 30.3 Å². The predicted octanol–water partition coefficient (Wildman–Crippen LogP) is 2.14. The van der Waals surface area contributed by atoms with Crippen molar-refractivity contribution in [1.82, 2.24) is 14.9 Å². The fourth-order valence-electron chi connectivity index (χ4n) is 2.32. The number of hydrogen-bond acceptors (Lipinski definition) is 4. The van der Waals surface area contributed by atoms with Gasteiger partial charge in [0.05, 0.1) is 4.90 Å². The number of carbonyl (C=O) groups is 2. The highest BCUT2D eigenvalue weighted by molar-refractivity contribution is 9.10. The van der Waals surface area contributed by atoms with E-state index in [-0.39, 0.29) is 29.3 Å². The van der Waals surface area contributed by atoms with E-state index in [1.807, 2.05) is 30.3 Å². The molecule has 0 bridgehead atoms. The fraction of sp³-hybridized carbons (Fsp3) is 0.263. The number of halogens is 1. The maximum absolute atomic E-state index is 12.3. The van der Waals surface area contributed by atoms with Gasteiger partial charge in [-0.2, -0.15) is 0 Å². The number of nitrogens with zero attached hydrogens (tertiary/aromatic N) is 1. The number of sulfonamides is 1. The molecule has 2 aromatic rings. The van der Waals surface area contributed by atoms with Crippen molar-refractivity contribution in [1.29, 1.82) is 0 Å². The average Bonchev–Trinajstić information content (AvgIpc) is 2.67. The highest BCUT2D eigenvalue weighted by atomic mass is 79.9. The Morgan fingerprint density at radius 2 is 1.71 bits per heavy atom. The topological polar surface area (TPSA) is 95.6 Å². The molecule has 0 aliphatic carbocycles. The van der Waals surface area contributed by atoms with E-state index in [9.17, 15) is 18.0 Å². The summed E-state index contributed by atoms with van der Waals surface area (Å²) in [5.74, 6) is -0.630. The second kappa shape index (κ2) is 9.81. The molecule has 0 unspecified atom stereocenters. The zero-order chi connectivity index (χ0) is 20.7. The molecule has 2 rings (SSSR count). The van der Waals surface area contributed by atoms with Crippen LogP contribution in [0.1, 0.15) is 22.3 Å². The van der Waals surface area contributed by atoms with Gasteiger partial charge in [-0.3, -0.25) is 9.59 Å². The SMILES string of the molecule is CN(C)S(=O)(=O)c1cc(C(=O)NCCC(=O)NCc2ccccc2)ccc1Br. The molecule has 0 saturated carbocycles. The quantitative estimate of drug-likeness (QED) is 0.621. The lowest BCUT2D eigenvalue weighted by Crippen LogP contribution is -2.30. The first-order valence-electron chi connectivity index (χ1n) is 8.52. The molecule has 9 heteroatoms. The van der Waals surface area contributed by atoms with Crippen molar-refractivity contribution >= 4 is 37.8 Å². The third-order valence-electron chi connectivity index (χ3n) is 3.92. The van der Waals surface area contributed by atoms with Crippen molar-refractivity contribution in [3.05, 3.63) is 64.1 Å². The monoisotopic (exact) mass is 467 g/mol. The Labute approximate surface area is 173 Å². The number of benzene rings is 2. The molecule has 150 valence electrons. The Bertz CT molecular complexity index is 947. The molecule has 0 heterocycles. The normalized spacial score (nSPS) is 11.3. The first kappa shape index (κ1) is 22.1. The first-order valence-corrected chi connectivity index (χ1v) is 10.8. The molecular formula is C19H22BrN3O4S. The molecule has 0 aliphatic heterocycles. The van der Waals surface area contributed by atoms with Crippen molar-refractivity contribution in [2.45, 2.75) is 17.9 Å². The summed E-state index contributed by atoms with van der Waals surface area (Å²) in [6.07, 6.45) is 0.123. The summed E-state index contributed by atoms with van der Waals surface area (Å²) in [6.45, 7) is 0.567. The van der Waals surface area contributed by atoms with Crippen LogP contribution in [0.25, 0.3) is 0 Å². The van der Waals surface area contributed by atoms with Gasteiger partial charge in [0.15, 0.2) is 0 Å². The molecule has 28 heavy (non-hydrogen) atoms. The fourth-order valence-corrected chi connectivity index (χ4v) is 4.16. The zero-order valence-electron chi connectivity index (χ0n) is 15.6. The summed E-state index contributed by atoms with van der Waals surface area (Å²) in [4.78, 5) is 24.2. The minimum Gasteiger partial charge on any atom is -0.352 e. The third kappa shape index (κ3) is 5.88. The molecule has 0 aliphatic rings. The molecule has 0 saturated heterocycles. The number of amides is 2. The third-order valence-corrected chi connectivity index (χ3v) is 6.73. The lowest BCUT2D eigenvalue weighted by atomic mass is 10.2. The highest BCUT2D eigenvalue weighted by Gasteiger charge is 2.22. The van der Waals surface area contributed by atoms with E-state index in [1.165, 1.54) is 32.3 Å². The van der Waals surface area contributed by atoms with Crippen LogP contribution in [0.3, 0.4) is 0 Å². The van der Waals surface area contributed by atoms with Gasteiger partial charge in [0.2, 0.25) is 15.9 Å². The van der Waals surface area contributed by atoms with Crippen LogP contribution < -0.4 is 10.6 Å². The maximum Gasteiger partial charge on any atom is 0.251 e. The Morgan fingerprint density at radius 1 is 1.04 bits per heavy atom. The zero-order valence-corrected chi connectivity index (χ0v) is 18.0. The Balaban J connectivity index is 1.90. The van der Waals surface area contributed by atoms with E-state index in [0.717, 1.165) is 9.87 Å². The molecule has 0 radical (unpaired) electrons. The molecular weight excluding hydrogens is 446 g/mol. The number of rotatable bonds is 8. The summed E-state index contributed by atoms with van der Waals surface area (Å²) < 4.78 is 26.1. The Morgan fingerprint density at radius 3 is 2.36 bits per heavy atom. The van der Waals surface area contributed by atoms with E-state index >= 15 is 0 Å². The first-order chi connectivity index (χ1) is 13.2. The van der Waals surface area contributed by atoms with Crippen LogP contribution in [0.4, 0.5) is 0 Å². The molecule has 0 aromatic heterocycles. The van der Waals surface area contributed by atoms with Crippen LogP contribution in [-0.2, 0) is 21.4 Å². The smallest absolute Gasteiger partial charge is 0.251 e. The Hall–Kier alpha value is -2.23. The maximum atomic E-state index is 12.3. The molecule has 2 aromatic carbocycles. The van der Waals surface area contributed by atoms with Crippen LogP contribution in [0.2, 0.25) is 0 Å². The largest absolute Gasteiger partial charge is 0.352 e. The number of hydrogen-bond donors (Lipinski definition) is 2. The van der Waals surface area contributed by atoms with E-state index in [1.54, 1.807) is 0 Å². The van der Waals surface area contributed by atoms with Crippen LogP contribution in [0.15, 0.2) is 57.9 Å². The lowest BCUT2D eigenvalue weighted by molar-refractivity contribution is -0.121. The van der Waals surface area contributed by atoms with Gasteiger partial charge in [-0.05, 0) is 39.7 Å². The number of carbonyl (C=O) groups excluding carboxylic acids is 2. The summed E-state index contributed by atoms with van der Waals surface area (Å²) in [5.41, 5.74) is 1.19. The van der Waals surface area contributed by atoms with E-state index in [4.69, 9.17) is 0 Å². The van der Waals surface area contributed by atoms with Crippen molar-refractivity contribution in [3.8, 4) is 0 Å². The second-order valence-electron chi connectivity index (χ2n) is 6.20. The minimum absolute atomic E-state index is 0.00533. The molecule has 7 nitrogen and oxygen atoms in total. The summed E-state index contributed by atoms with van der Waals surface area (Å²) in [7, 11) is -0.850. The predicted molar refractivity (Wildman–Crippen MR) is 110 cm³/mol. The minimum atomic E-state index is -3.69. The van der Waals surface area contributed by atoms with Gasteiger partial charge in [-0.25, -0.2) is 12.7 Å². The van der Waals surface area contributed by atoms with Crippen molar-refractivity contribution in [2.75, 3.05) is 20.6 Å². The second-order valence-corrected chi connectivity index (χ2v) is 9.18. The summed E-state index contributed by atoms with van der Waals surface area (Å²) >= 11 is 3.20. The molecule has 0 spiro atoms. The number of nitrogens with one attached hydrogen (secondary N) is 2. The van der Waals surface area contributed by atoms with Gasteiger partial charge >= 0.3 is 0 Å². The Kier molecular flexibility index (Phi) is 7.73. The molecule has 2 amide bonds. The van der Waals surface area contributed by atoms with Crippen molar-refractivity contribution in [3.63, 3.8) is 0 Å².